The summed E-state index contributed by atoms with van der Waals surface area (Å²) in [7, 11) is 1.65. The van der Waals surface area contributed by atoms with E-state index in [4.69, 9.17) is 9.84 Å². The van der Waals surface area contributed by atoms with Crippen LogP contribution in [-0.2, 0) is 11.2 Å². The number of aryl methyl sites for hydroxylation is 1. The third-order valence-corrected chi connectivity index (χ3v) is 3.59. The summed E-state index contributed by atoms with van der Waals surface area (Å²) < 4.78 is 5.10. The van der Waals surface area contributed by atoms with Crippen molar-refractivity contribution in [3.63, 3.8) is 0 Å². The first-order chi connectivity index (χ1) is 8.13. The van der Waals surface area contributed by atoms with Crippen LogP contribution in [0, 0.1) is 5.41 Å². The van der Waals surface area contributed by atoms with E-state index >= 15 is 0 Å². The average molecular weight is 234 g/mol. The van der Waals surface area contributed by atoms with Gasteiger partial charge >= 0.3 is 5.97 Å². The zero-order valence-electron chi connectivity index (χ0n) is 10.1. The standard InChI is InChI=1S/C14H18O3/c1-17-12-4-2-11(3-5-12)6-7-14(8-9-14)10-13(15)16/h2-5H,6-10H2,1H3,(H,15,16). The van der Waals surface area contributed by atoms with Crippen molar-refractivity contribution in [2.24, 2.45) is 5.41 Å². The molecule has 0 amide bonds. The lowest BCUT2D eigenvalue weighted by molar-refractivity contribution is -0.138. The van der Waals surface area contributed by atoms with Crippen molar-refractivity contribution in [1.82, 2.24) is 0 Å². The summed E-state index contributed by atoms with van der Waals surface area (Å²) in [5.74, 6) is 0.192. The van der Waals surface area contributed by atoms with Crippen LogP contribution in [0.5, 0.6) is 5.75 Å². The molecule has 0 heterocycles. The minimum absolute atomic E-state index is 0.0890. The van der Waals surface area contributed by atoms with Gasteiger partial charge < -0.3 is 9.84 Å². The van der Waals surface area contributed by atoms with Crippen molar-refractivity contribution in [2.45, 2.75) is 32.1 Å². The lowest BCUT2D eigenvalue weighted by Gasteiger charge is -2.12. The van der Waals surface area contributed by atoms with E-state index in [0.717, 1.165) is 31.4 Å². The number of aliphatic carboxylic acids is 1. The van der Waals surface area contributed by atoms with Crippen LogP contribution < -0.4 is 4.74 Å². The Labute approximate surface area is 101 Å². The predicted molar refractivity (Wildman–Crippen MR) is 65.2 cm³/mol. The van der Waals surface area contributed by atoms with Gasteiger partial charge in [0.2, 0.25) is 0 Å². The molecule has 0 aromatic heterocycles. The molecule has 1 aliphatic carbocycles. The number of hydrogen-bond acceptors (Lipinski definition) is 2. The topological polar surface area (TPSA) is 46.5 Å². The van der Waals surface area contributed by atoms with Gasteiger partial charge in [0.25, 0.3) is 0 Å². The summed E-state index contributed by atoms with van der Waals surface area (Å²) in [5.41, 5.74) is 1.34. The molecular formula is C14H18O3. The van der Waals surface area contributed by atoms with Gasteiger partial charge in [0.1, 0.15) is 5.75 Å². The third kappa shape index (κ3) is 3.22. The van der Waals surface area contributed by atoms with E-state index < -0.39 is 5.97 Å². The Balaban J connectivity index is 1.87. The number of methoxy groups -OCH3 is 1. The normalized spacial score (nSPS) is 16.5. The number of carbonyl (C=O) groups is 1. The lowest BCUT2D eigenvalue weighted by Crippen LogP contribution is -2.09. The molecule has 92 valence electrons. The molecule has 0 aliphatic heterocycles. The van der Waals surface area contributed by atoms with E-state index in [-0.39, 0.29) is 5.41 Å². The third-order valence-electron chi connectivity index (χ3n) is 3.59. The number of benzene rings is 1. The summed E-state index contributed by atoms with van der Waals surface area (Å²) in [6.45, 7) is 0. The van der Waals surface area contributed by atoms with Gasteiger partial charge in [-0.15, -0.1) is 0 Å². The van der Waals surface area contributed by atoms with Crippen LogP contribution in [0.15, 0.2) is 24.3 Å². The molecule has 3 heteroatoms. The fourth-order valence-corrected chi connectivity index (χ4v) is 2.21. The highest BCUT2D eigenvalue weighted by atomic mass is 16.5. The molecule has 1 saturated carbocycles. The van der Waals surface area contributed by atoms with Gasteiger partial charge in [-0.3, -0.25) is 4.79 Å². The summed E-state index contributed by atoms with van der Waals surface area (Å²) in [5, 5.41) is 8.84. The Morgan fingerprint density at radius 2 is 2.00 bits per heavy atom. The molecule has 0 bridgehead atoms. The van der Waals surface area contributed by atoms with Crippen molar-refractivity contribution in [3.05, 3.63) is 29.8 Å². The second-order valence-corrected chi connectivity index (χ2v) is 4.92. The zero-order chi connectivity index (χ0) is 12.3. The Morgan fingerprint density at radius 3 is 2.47 bits per heavy atom. The van der Waals surface area contributed by atoms with Gasteiger partial charge in [-0.1, -0.05) is 12.1 Å². The predicted octanol–water partition coefficient (Wildman–Crippen LogP) is 2.88. The molecule has 0 radical (unpaired) electrons. The maximum atomic E-state index is 10.7. The van der Waals surface area contributed by atoms with Crippen LogP contribution in [-0.4, -0.2) is 18.2 Å². The number of ether oxygens (including phenoxy) is 1. The van der Waals surface area contributed by atoms with E-state index in [1.54, 1.807) is 7.11 Å². The van der Waals surface area contributed by atoms with Crippen LogP contribution in [0.3, 0.4) is 0 Å². The molecule has 1 fully saturated rings. The molecule has 1 aromatic rings. The maximum absolute atomic E-state index is 10.7. The highest BCUT2D eigenvalue weighted by molar-refractivity contribution is 5.68. The van der Waals surface area contributed by atoms with E-state index in [2.05, 4.69) is 12.1 Å². The number of carboxylic acid groups (broad SMARTS) is 1. The van der Waals surface area contributed by atoms with Gasteiger partial charge in [-0.2, -0.15) is 0 Å². The van der Waals surface area contributed by atoms with Crippen LogP contribution in [0.4, 0.5) is 0 Å². The molecule has 1 aliphatic rings. The van der Waals surface area contributed by atoms with Crippen molar-refractivity contribution in [1.29, 1.82) is 0 Å². The Bertz CT molecular complexity index is 390. The average Bonchev–Trinajstić information content (AvgIpc) is 3.06. The second-order valence-electron chi connectivity index (χ2n) is 4.92. The maximum Gasteiger partial charge on any atom is 0.303 e. The lowest BCUT2D eigenvalue weighted by atomic mass is 9.93. The van der Waals surface area contributed by atoms with Gasteiger partial charge in [-0.25, -0.2) is 0 Å². The molecule has 0 spiro atoms. The van der Waals surface area contributed by atoms with Crippen molar-refractivity contribution in [3.8, 4) is 5.75 Å². The Hall–Kier alpha value is -1.51. The fourth-order valence-electron chi connectivity index (χ4n) is 2.21. The van der Waals surface area contributed by atoms with E-state index in [1.165, 1.54) is 5.56 Å². The molecule has 3 nitrogen and oxygen atoms in total. The van der Waals surface area contributed by atoms with Gasteiger partial charge in [0, 0.05) is 0 Å². The van der Waals surface area contributed by atoms with Crippen LogP contribution >= 0.6 is 0 Å². The Morgan fingerprint density at radius 1 is 1.35 bits per heavy atom. The molecule has 1 N–H and O–H groups in total. The fraction of sp³-hybridized carbons (Fsp3) is 0.500. The summed E-state index contributed by atoms with van der Waals surface area (Å²) in [6.07, 6.45) is 4.39. The minimum atomic E-state index is -0.669. The largest absolute Gasteiger partial charge is 0.497 e. The van der Waals surface area contributed by atoms with Crippen LogP contribution in [0.2, 0.25) is 0 Å². The molecule has 0 unspecified atom stereocenters. The van der Waals surface area contributed by atoms with Gasteiger partial charge in [-0.05, 0) is 48.8 Å². The van der Waals surface area contributed by atoms with Crippen LogP contribution in [0.1, 0.15) is 31.2 Å². The van der Waals surface area contributed by atoms with Crippen LogP contribution in [0.25, 0.3) is 0 Å². The monoisotopic (exact) mass is 234 g/mol. The molecular weight excluding hydrogens is 216 g/mol. The first-order valence-electron chi connectivity index (χ1n) is 5.98. The minimum Gasteiger partial charge on any atom is -0.497 e. The summed E-state index contributed by atoms with van der Waals surface area (Å²) in [6, 6.07) is 8.00. The van der Waals surface area contributed by atoms with E-state index in [0.29, 0.717) is 6.42 Å². The number of rotatable bonds is 6. The molecule has 0 saturated heterocycles. The highest BCUT2D eigenvalue weighted by Crippen LogP contribution is 2.52. The summed E-state index contributed by atoms with van der Waals surface area (Å²) >= 11 is 0. The van der Waals surface area contributed by atoms with E-state index in [9.17, 15) is 4.79 Å². The smallest absolute Gasteiger partial charge is 0.303 e. The molecule has 2 rings (SSSR count). The van der Waals surface area contributed by atoms with Gasteiger partial charge in [0.15, 0.2) is 0 Å². The number of carboxylic acids is 1. The SMILES string of the molecule is COc1ccc(CCC2(CC(=O)O)CC2)cc1. The quantitative estimate of drug-likeness (QED) is 0.823. The van der Waals surface area contributed by atoms with Crippen molar-refractivity contribution in [2.75, 3.05) is 7.11 Å². The molecule has 1 aromatic carbocycles. The zero-order valence-corrected chi connectivity index (χ0v) is 10.1. The van der Waals surface area contributed by atoms with Crippen molar-refractivity contribution >= 4 is 5.97 Å². The Kier molecular flexibility index (Phi) is 3.36. The first kappa shape index (κ1) is 12.0. The summed E-state index contributed by atoms with van der Waals surface area (Å²) in [4.78, 5) is 10.7. The van der Waals surface area contributed by atoms with Crippen molar-refractivity contribution < 1.29 is 14.6 Å². The van der Waals surface area contributed by atoms with Gasteiger partial charge in [0.05, 0.1) is 13.5 Å². The number of hydrogen-bond donors (Lipinski definition) is 1. The second kappa shape index (κ2) is 4.78. The molecule has 0 atom stereocenters. The van der Waals surface area contributed by atoms with E-state index in [1.807, 2.05) is 12.1 Å². The molecule has 17 heavy (non-hydrogen) atoms. The highest BCUT2D eigenvalue weighted by Gasteiger charge is 2.43. The first-order valence-corrected chi connectivity index (χ1v) is 5.98.